The monoisotopic (exact) mass is 356 g/mol. The molecule has 0 atom stereocenters. The molecule has 2 amide bonds. The second kappa shape index (κ2) is 7.65. The number of fused-ring (bicyclic) bond motifs is 1. The van der Waals surface area contributed by atoms with Crippen molar-refractivity contribution in [1.82, 2.24) is 29.7 Å². The number of likely N-dealkylation sites (N-methyl/N-ethyl adjacent to an activating group) is 1. The summed E-state index contributed by atoms with van der Waals surface area (Å²) in [6.07, 6.45) is 3.89. The highest BCUT2D eigenvalue weighted by Crippen LogP contribution is 2.21. The molecule has 1 N–H and O–H groups in total. The first-order valence-corrected chi connectivity index (χ1v) is 8.64. The SMILES string of the molecule is CN(C)CCNC(=O)c1nc2c(n1C)CCN(C(=O)c1cccnc1)C2. The van der Waals surface area contributed by atoms with Crippen LogP contribution in [0.3, 0.4) is 0 Å². The molecular formula is C18H24N6O2. The van der Waals surface area contributed by atoms with E-state index in [1.54, 1.807) is 29.4 Å². The van der Waals surface area contributed by atoms with E-state index in [-0.39, 0.29) is 11.8 Å². The summed E-state index contributed by atoms with van der Waals surface area (Å²) in [7, 11) is 5.77. The molecule has 138 valence electrons. The van der Waals surface area contributed by atoms with Gasteiger partial charge in [0.2, 0.25) is 0 Å². The molecule has 26 heavy (non-hydrogen) atoms. The number of carbonyl (C=O) groups is 2. The van der Waals surface area contributed by atoms with Crippen LogP contribution in [0.2, 0.25) is 0 Å². The topological polar surface area (TPSA) is 83.4 Å². The minimum atomic E-state index is -0.186. The highest BCUT2D eigenvalue weighted by atomic mass is 16.2. The van der Waals surface area contributed by atoms with Gasteiger partial charge in [-0.15, -0.1) is 0 Å². The van der Waals surface area contributed by atoms with Crippen molar-refractivity contribution in [3.8, 4) is 0 Å². The summed E-state index contributed by atoms with van der Waals surface area (Å²) in [4.78, 5) is 37.3. The van der Waals surface area contributed by atoms with E-state index in [4.69, 9.17) is 0 Å². The first kappa shape index (κ1) is 18.1. The number of nitrogens with one attached hydrogen (secondary N) is 1. The summed E-state index contributed by atoms with van der Waals surface area (Å²) < 4.78 is 1.84. The van der Waals surface area contributed by atoms with Gasteiger partial charge in [0.05, 0.1) is 17.8 Å². The lowest BCUT2D eigenvalue weighted by Gasteiger charge is -2.26. The average molecular weight is 356 g/mol. The number of nitrogens with zero attached hydrogens (tertiary/aromatic N) is 5. The van der Waals surface area contributed by atoms with Crippen LogP contribution in [0.1, 0.15) is 32.4 Å². The van der Waals surface area contributed by atoms with Gasteiger partial charge in [0.15, 0.2) is 5.82 Å². The lowest BCUT2D eigenvalue weighted by molar-refractivity contribution is 0.0730. The van der Waals surface area contributed by atoms with E-state index in [1.807, 2.05) is 30.6 Å². The Hall–Kier alpha value is -2.74. The van der Waals surface area contributed by atoms with Crippen molar-refractivity contribution in [2.45, 2.75) is 13.0 Å². The Labute approximate surface area is 152 Å². The molecule has 0 saturated heterocycles. The van der Waals surface area contributed by atoms with Gasteiger partial charge in [-0.25, -0.2) is 4.98 Å². The fourth-order valence-corrected chi connectivity index (χ4v) is 3.05. The summed E-state index contributed by atoms with van der Waals surface area (Å²) in [6, 6.07) is 3.51. The molecule has 0 saturated carbocycles. The van der Waals surface area contributed by atoms with E-state index in [0.29, 0.717) is 37.4 Å². The molecule has 0 fully saturated rings. The van der Waals surface area contributed by atoms with Crippen molar-refractivity contribution in [2.75, 3.05) is 33.7 Å². The molecule has 1 aliphatic rings. The molecule has 3 heterocycles. The van der Waals surface area contributed by atoms with Gasteiger partial charge in [0.25, 0.3) is 11.8 Å². The number of hydrogen-bond acceptors (Lipinski definition) is 5. The third-order valence-electron chi connectivity index (χ3n) is 4.50. The minimum absolute atomic E-state index is 0.0635. The van der Waals surface area contributed by atoms with Crippen LogP contribution in [0.5, 0.6) is 0 Å². The zero-order valence-electron chi connectivity index (χ0n) is 15.4. The molecule has 2 aromatic heterocycles. The van der Waals surface area contributed by atoms with Gasteiger partial charge in [-0.1, -0.05) is 0 Å². The quantitative estimate of drug-likeness (QED) is 0.833. The Morgan fingerprint density at radius 2 is 2.15 bits per heavy atom. The van der Waals surface area contributed by atoms with Crippen LogP contribution in [-0.4, -0.2) is 69.9 Å². The van der Waals surface area contributed by atoms with Crippen molar-refractivity contribution in [3.05, 3.63) is 47.3 Å². The molecule has 2 aromatic rings. The zero-order chi connectivity index (χ0) is 18.7. The van der Waals surface area contributed by atoms with Crippen molar-refractivity contribution < 1.29 is 9.59 Å². The number of pyridine rings is 1. The summed E-state index contributed by atoms with van der Waals surface area (Å²) in [5.41, 5.74) is 2.36. The van der Waals surface area contributed by atoms with Crippen LogP contribution < -0.4 is 5.32 Å². The van der Waals surface area contributed by atoms with E-state index in [2.05, 4.69) is 15.3 Å². The van der Waals surface area contributed by atoms with Crippen molar-refractivity contribution in [1.29, 1.82) is 0 Å². The molecule has 0 aromatic carbocycles. The number of aromatic nitrogens is 3. The second-order valence-electron chi connectivity index (χ2n) is 6.67. The zero-order valence-corrected chi connectivity index (χ0v) is 15.4. The fourth-order valence-electron chi connectivity index (χ4n) is 3.05. The van der Waals surface area contributed by atoms with Gasteiger partial charge in [-0.2, -0.15) is 0 Å². The number of amides is 2. The highest BCUT2D eigenvalue weighted by Gasteiger charge is 2.28. The van der Waals surface area contributed by atoms with E-state index in [9.17, 15) is 9.59 Å². The smallest absolute Gasteiger partial charge is 0.287 e. The van der Waals surface area contributed by atoms with Crippen LogP contribution in [0, 0.1) is 0 Å². The number of carbonyl (C=O) groups excluding carboxylic acids is 2. The van der Waals surface area contributed by atoms with Crippen molar-refractivity contribution in [3.63, 3.8) is 0 Å². The average Bonchev–Trinajstić information content (AvgIpc) is 2.97. The maximum absolute atomic E-state index is 12.6. The fraction of sp³-hybridized carbons (Fsp3) is 0.444. The summed E-state index contributed by atoms with van der Waals surface area (Å²) in [6.45, 7) is 2.34. The summed E-state index contributed by atoms with van der Waals surface area (Å²) >= 11 is 0. The van der Waals surface area contributed by atoms with Gasteiger partial charge >= 0.3 is 0 Å². The lowest BCUT2D eigenvalue weighted by atomic mass is 10.1. The second-order valence-corrected chi connectivity index (χ2v) is 6.67. The van der Waals surface area contributed by atoms with Crippen LogP contribution in [0.15, 0.2) is 24.5 Å². The van der Waals surface area contributed by atoms with Crippen LogP contribution in [0.4, 0.5) is 0 Å². The third kappa shape index (κ3) is 3.75. The normalized spacial score (nSPS) is 13.6. The summed E-state index contributed by atoms with van der Waals surface area (Å²) in [5.74, 6) is 0.143. The Morgan fingerprint density at radius 3 is 2.85 bits per heavy atom. The van der Waals surface area contributed by atoms with Gasteiger partial charge in [-0.05, 0) is 26.2 Å². The van der Waals surface area contributed by atoms with E-state index >= 15 is 0 Å². The van der Waals surface area contributed by atoms with Crippen LogP contribution >= 0.6 is 0 Å². The van der Waals surface area contributed by atoms with Gasteiger partial charge in [0.1, 0.15) is 0 Å². The number of hydrogen-bond donors (Lipinski definition) is 1. The van der Waals surface area contributed by atoms with Crippen LogP contribution in [0.25, 0.3) is 0 Å². The first-order valence-electron chi connectivity index (χ1n) is 8.64. The Morgan fingerprint density at radius 1 is 1.35 bits per heavy atom. The first-order chi connectivity index (χ1) is 12.5. The predicted octanol–water partition coefficient (Wildman–Crippen LogP) is 0.305. The largest absolute Gasteiger partial charge is 0.348 e. The van der Waals surface area contributed by atoms with E-state index in [1.165, 1.54) is 0 Å². The van der Waals surface area contributed by atoms with E-state index in [0.717, 1.165) is 17.9 Å². The lowest BCUT2D eigenvalue weighted by Crippen LogP contribution is -2.36. The van der Waals surface area contributed by atoms with Gasteiger partial charge in [0, 0.05) is 51.2 Å². The highest BCUT2D eigenvalue weighted by molar-refractivity contribution is 5.94. The van der Waals surface area contributed by atoms with Crippen molar-refractivity contribution >= 4 is 11.8 Å². The number of rotatable bonds is 5. The predicted molar refractivity (Wildman–Crippen MR) is 96.8 cm³/mol. The number of imidazole rings is 1. The maximum Gasteiger partial charge on any atom is 0.287 e. The van der Waals surface area contributed by atoms with E-state index < -0.39 is 0 Å². The third-order valence-corrected chi connectivity index (χ3v) is 4.50. The molecule has 0 aliphatic carbocycles. The molecule has 0 bridgehead atoms. The van der Waals surface area contributed by atoms with Gasteiger partial charge < -0.3 is 19.7 Å². The van der Waals surface area contributed by atoms with Gasteiger partial charge in [-0.3, -0.25) is 14.6 Å². The minimum Gasteiger partial charge on any atom is -0.348 e. The molecule has 1 aliphatic heterocycles. The molecular weight excluding hydrogens is 332 g/mol. The summed E-state index contributed by atoms with van der Waals surface area (Å²) in [5, 5.41) is 2.89. The Kier molecular flexibility index (Phi) is 5.32. The molecule has 0 unspecified atom stereocenters. The van der Waals surface area contributed by atoms with Crippen molar-refractivity contribution in [2.24, 2.45) is 7.05 Å². The Balaban J connectivity index is 1.72. The molecule has 3 rings (SSSR count). The standard InChI is InChI=1S/C18H24N6O2/c1-22(2)10-8-20-17(25)16-21-14-12-24(9-6-15(14)23(16)3)18(26)13-5-4-7-19-11-13/h4-5,7,11H,6,8-10,12H2,1-3H3,(H,20,25). The van der Waals surface area contributed by atoms with Crippen LogP contribution in [-0.2, 0) is 20.0 Å². The Bertz CT molecular complexity index is 800. The molecule has 8 nitrogen and oxygen atoms in total. The maximum atomic E-state index is 12.6. The molecule has 0 radical (unpaired) electrons. The molecule has 8 heteroatoms. The molecule has 0 spiro atoms.